The molecular weight excluding hydrogens is 382 g/mol. The third-order valence-electron chi connectivity index (χ3n) is 4.94. The zero-order chi connectivity index (χ0) is 20.8. The molecule has 0 fully saturated rings. The van der Waals surface area contributed by atoms with E-state index in [1.807, 2.05) is 31.2 Å². The summed E-state index contributed by atoms with van der Waals surface area (Å²) in [7, 11) is 0. The van der Waals surface area contributed by atoms with E-state index >= 15 is 0 Å². The molecule has 3 aromatic rings. The first-order chi connectivity index (χ1) is 14.1. The van der Waals surface area contributed by atoms with Crippen LogP contribution in [0.1, 0.15) is 36.7 Å². The molecule has 154 valence electrons. The Kier molecular flexibility index (Phi) is 7.23. The maximum Gasteiger partial charge on any atom is 0.279 e. The van der Waals surface area contributed by atoms with E-state index in [0.29, 0.717) is 30.1 Å². The number of benzene rings is 2. The molecule has 0 spiro atoms. The Bertz CT molecular complexity index is 1030. The van der Waals surface area contributed by atoms with Crippen molar-refractivity contribution in [2.75, 3.05) is 31.2 Å². The molecule has 1 heterocycles. The van der Waals surface area contributed by atoms with Crippen LogP contribution in [0.5, 0.6) is 0 Å². The van der Waals surface area contributed by atoms with Gasteiger partial charge >= 0.3 is 0 Å². The van der Waals surface area contributed by atoms with Gasteiger partial charge in [-0.15, -0.1) is 0 Å². The number of anilines is 1. The smallest absolute Gasteiger partial charge is 0.279 e. The number of thiazole rings is 1. The van der Waals surface area contributed by atoms with E-state index in [-0.39, 0.29) is 5.91 Å². The fraction of sp³-hybridized carbons (Fsp3) is 0.391. The standard InChI is InChI=1S/C23H29N3O2S/c1-5-25(6-2)19-11-9-18(10-12-19)22(27)24-23-26(14-15-28-7-3)20-13-8-17(4)16-21(20)29-23/h8-13,16H,5-7,14-15H2,1-4H3. The zero-order valence-electron chi connectivity index (χ0n) is 17.6. The predicted octanol–water partition coefficient (Wildman–Crippen LogP) is 4.64. The van der Waals surface area contributed by atoms with Crippen LogP contribution in [0.2, 0.25) is 0 Å². The second-order valence-corrected chi connectivity index (χ2v) is 7.85. The lowest BCUT2D eigenvalue weighted by Gasteiger charge is -2.20. The highest BCUT2D eigenvalue weighted by Crippen LogP contribution is 2.20. The van der Waals surface area contributed by atoms with Crippen LogP contribution in [0, 0.1) is 6.92 Å². The Balaban J connectivity index is 1.95. The fourth-order valence-electron chi connectivity index (χ4n) is 3.34. The number of ether oxygens (including phenoxy) is 1. The number of hydrogen-bond acceptors (Lipinski definition) is 4. The Morgan fingerprint density at radius 3 is 2.48 bits per heavy atom. The number of fused-ring (bicyclic) bond motifs is 1. The Labute approximate surface area is 176 Å². The first-order valence-corrected chi connectivity index (χ1v) is 11.0. The number of rotatable bonds is 8. The lowest BCUT2D eigenvalue weighted by molar-refractivity contribution is 0.0996. The van der Waals surface area contributed by atoms with E-state index in [9.17, 15) is 4.79 Å². The van der Waals surface area contributed by atoms with Crippen molar-refractivity contribution in [3.63, 3.8) is 0 Å². The van der Waals surface area contributed by atoms with Gasteiger partial charge in [-0.1, -0.05) is 17.4 Å². The van der Waals surface area contributed by atoms with E-state index in [1.165, 1.54) is 5.56 Å². The molecule has 1 aromatic heterocycles. The van der Waals surface area contributed by atoms with Crippen molar-refractivity contribution in [1.29, 1.82) is 0 Å². The van der Waals surface area contributed by atoms with Gasteiger partial charge in [0.2, 0.25) is 0 Å². The molecular formula is C23H29N3O2S. The molecule has 0 atom stereocenters. The number of aryl methyl sites for hydroxylation is 1. The van der Waals surface area contributed by atoms with Gasteiger partial charge in [0, 0.05) is 37.5 Å². The summed E-state index contributed by atoms with van der Waals surface area (Å²) in [5, 5.41) is 0. The van der Waals surface area contributed by atoms with Crippen molar-refractivity contribution in [3.05, 3.63) is 58.4 Å². The molecule has 0 N–H and O–H groups in total. The number of amides is 1. The molecule has 0 bridgehead atoms. The van der Waals surface area contributed by atoms with Crippen LogP contribution in [0.15, 0.2) is 47.5 Å². The monoisotopic (exact) mass is 411 g/mol. The molecule has 1 amide bonds. The van der Waals surface area contributed by atoms with E-state index in [2.05, 4.69) is 53.4 Å². The summed E-state index contributed by atoms with van der Waals surface area (Å²) in [6, 6.07) is 14.0. The fourth-order valence-corrected chi connectivity index (χ4v) is 4.49. The van der Waals surface area contributed by atoms with Crippen molar-refractivity contribution in [2.24, 2.45) is 4.99 Å². The highest BCUT2D eigenvalue weighted by molar-refractivity contribution is 7.16. The van der Waals surface area contributed by atoms with Gasteiger partial charge in [-0.05, 0) is 69.7 Å². The molecule has 0 unspecified atom stereocenters. The minimum atomic E-state index is -0.218. The maximum atomic E-state index is 12.8. The lowest BCUT2D eigenvalue weighted by atomic mass is 10.2. The van der Waals surface area contributed by atoms with E-state index in [0.717, 1.165) is 29.0 Å². The topological polar surface area (TPSA) is 46.8 Å². The largest absolute Gasteiger partial charge is 0.380 e. The molecule has 0 aliphatic carbocycles. The van der Waals surface area contributed by atoms with Gasteiger partial charge in [-0.2, -0.15) is 4.99 Å². The van der Waals surface area contributed by atoms with Gasteiger partial charge < -0.3 is 14.2 Å². The van der Waals surface area contributed by atoms with Crippen LogP contribution in [0.4, 0.5) is 5.69 Å². The van der Waals surface area contributed by atoms with Crippen LogP contribution in [-0.2, 0) is 11.3 Å². The summed E-state index contributed by atoms with van der Waals surface area (Å²) in [6.07, 6.45) is 0. The van der Waals surface area contributed by atoms with Crippen LogP contribution in [0.25, 0.3) is 10.2 Å². The van der Waals surface area contributed by atoms with Crippen LogP contribution in [0.3, 0.4) is 0 Å². The maximum absolute atomic E-state index is 12.8. The molecule has 0 aliphatic heterocycles. The summed E-state index contributed by atoms with van der Waals surface area (Å²) in [4.78, 5) is 20.3. The first-order valence-electron chi connectivity index (χ1n) is 10.2. The van der Waals surface area contributed by atoms with Crippen molar-refractivity contribution < 1.29 is 9.53 Å². The number of carbonyl (C=O) groups is 1. The van der Waals surface area contributed by atoms with Crippen LogP contribution >= 0.6 is 11.3 Å². The van der Waals surface area contributed by atoms with Gasteiger partial charge in [0.1, 0.15) is 0 Å². The molecule has 0 saturated carbocycles. The molecule has 0 aliphatic rings. The van der Waals surface area contributed by atoms with Crippen molar-refractivity contribution >= 4 is 33.1 Å². The summed E-state index contributed by atoms with van der Waals surface area (Å²) >= 11 is 1.55. The SMILES string of the molecule is CCOCCn1c(=NC(=O)c2ccc(N(CC)CC)cc2)sc2cc(C)ccc21. The highest BCUT2D eigenvalue weighted by atomic mass is 32.1. The second-order valence-electron chi connectivity index (χ2n) is 6.84. The summed E-state index contributed by atoms with van der Waals surface area (Å²) in [5.41, 5.74) is 4.01. The number of aromatic nitrogens is 1. The molecule has 29 heavy (non-hydrogen) atoms. The number of nitrogens with zero attached hydrogens (tertiary/aromatic N) is 3. The quantitative estimate of drug-likeness (QED) is 0.508. The van der Waals surface area contributed by atoms with Crippen molar-refractivity contribution in [2.45, 2.75) is 34.2 Å². The minimum Gasteiger partial charge on any atom is -0.380 e. The molecule has 0 saturated heterocycles. The zero-order valence-corrected chi connectivity index (χ0v) is 18.5. The number of hydrogen-bond donors (Lipinski definition) is 0. The summed E-state index contributed by atoms with van der Waals surface area (Å²) < 4.78 is 8.74. The van der Waals surface area contributed by atoms with Gasteiger partial charge in [0.25, 0.3) is 5.91 Å². The predicted molar refractivity (Wildman–Crippen MR) is 121 cm³/mol. The van der Waals surface area contributed by atoms with Gasteiger partial charge in [-0.3, -0.25) is 4.79 Å². The molecule has 2 aromatic carbocycles. The van der Waals surface area contributed by atoms with Crippen molar-refractivity contribution in [1.82, 2.24) is 4.57 Å². The van der Waals surface area contributed by atoms with E-state index in [1.54, 1.807) is 11.3 Å². The molecule has 6 heteroatoms. The average Bonchev–Trinajstić information content (AvgIpc) is 3.05. The molecule has 0 radical (unpaired) electrons. The first kappa shape index (κ1) is 21.3. The van der Waals surface area contributed by atoms with Gasteiger partial charge in [0.05, 0.1) is 16.8 Å². The molecule has 5 nitrogen and oxygen atoms in total. The average molecular weight is 412 g/mol. The van der Waals surface area contributed by atoms with Crippen LogP contribution < -0.4 is 9.70 Å². The Hall–Kier alpha value is -2.44. The Morgan fingerprint density at radius 1 is 1.10 bits per heavy atom. The lowest BCUT2D eigenvalue weighted by Crippen LogP contribution is -2.21. The minimum absolute atomic E-state index is 0.218. The van der Waals surface area contributed by atoms with E-state index < -0.39 is 0 Å². The third kappa shape index (κ3) is 4.95. The van der Waals surface area contributed by atoms with Crippen molar-refractivity contribution in [3.8, 4) is 0 Å². The van der Waals surface area contributed by atoms with E-state index in [4.69, 9.17) is 4.74 Å². The molecule has 3 rings (SSSR count). The van der Waals surface area contributed by atoms with Gasteiger partial charge in [-0.25, -0.2) is 0 Å². The number of carbonyl (C=O) groups excluding carboxylic acids is 1. The third-order valence-corrected chi connectivity index (χ3v) is 5.98. The van der Waals surface area contributed by atoms with Crippen LogP contribution in [-0.4, -0.2) is 36.8 Å². The van der Waals surface area contributed by atoms with Gasteiger partial charge in [0.15, 0.2) is 4.80 Å². The highest BCUT2D eigenvalue weighted by Gasteiger charge is 2.10. The summed E-state index contributed by atoms with van der Waals surface area (Å²) in [6.45, 7) is 12.1. The second kappa shape index (κ2) is 9.85. The Morgan fingerprint density at radius 2 is 1.83 bits per heavy atom. The normalized spacial score (nSPS) is 11.9. The summed E-state index contributed by atoms with van der Waals surface area (Å²) in [5.74, 6) is -0.218.